The van der Waals surface area contributed by atoms with Crippen molar-refractivity contribution in [3.05, 3.63) is 35.4 Å². The Morgan fingerprint density at radius 2 is 1.86 bits per heavy atom. The van der Waals surface area contributed by atoms with Crippen LogP contribution in [0.1, 0.15) is 36.7 Å². The average molecular weight is 394 g/mol. The lowest BCUT2D eigenvalue weighted by molar-refractivity contribution is 0.0515. The first-order chi connectivity index (χ1) is 13.0. The number of hydrogen-bond acceptors (Lipinski definition) is 6. The predicted octanol–water partition coefficient (Wildman–Crippen LogP) is 1.11. The van der Waals surface area contributed by atoms with Crippen molar-refractivity contribution in [2.24, 2.45) is 10.9 Å². The van der Waals surface area contributed by atoms with Gasteiger partial charge >= 0.3 is 6.09 Å². The largest absolute Gasteiger partial charge is 0.444 e. The topological polar surface area (TPSA) is 126 Å². The number of nitrogens with zero attached hydrogens (tertiary/aromatic N) is 2. The molecule has 28 heavy (non-hydrogen) atoms. The number of aliphatic hydroxyl groups is 1. The molecule has 1 aromatic rings. The molecule has 0 spiro atoms. The summed E-state index contributed by atoms with van der Waals surface area (Å²) in [6.07, 6.45) is -0.328. The summed E-state index contributed by atoms with van der Waals surface area (Å²) in [4.78, 5) is 30.5. The molecular weight excluding hydrogens is 364 g/mol. The number of nitrogens with one attached hydrogen (secondary N) is 1. The van der Waals surface area contributed by atoms with Crippen molar-refractivity contribution in [3.63, 3.8) is 0 Å². The summed E-state index contributed by atoms with van der Waals surface area (Å²) in [6, 6.07) is 6.28. The van der Waals surface area contributed by atoms with Crippen molar-refractivity contribution in [1.82, 2.24) is 10.2 Å². The summed E-state index contributed by atoms with van der Waals surface area (Å²) in [5.74, 6) is -0.0683. The Hall–Kier alpha value is -2.81. The maximum absolute atomic E-state index is 12.1. The van der Waals surface area contributed by atoms with Gasteiger partial charge in [-0.15, -0.1) is 0 Å². The fraction of sp³-hybridized carbons (Fsp3) is 0.526. The molecule has 0 heterocycles. The van der Waals surface area contributed by atoms with Crippen LogP contribution < -0.4 is 11.1 Å². The lowest BCUT2D eigenvalue weighted by Crippen LogP contribution is -2.47. The third-order valence-corrected chi connectivity index (χ3v) is 3.45. The summed E-state index contributed by atoms with van der Waals surface area (Å²) >= 11 is 0. The second-order valence-corrected chi connectivity index (χ2v) is 7.37. The second kappa shape index (κ2) is 10.5. The third-order valence-electron chi connectivity index (χ3n) is 3.45. The highest BCUT2D eigenvalue weighted by Gasteiger charge is 2.22. The number of amidine groups is 1. The van der Waals surface area contributed by atoms with Crippen LogP contribution in [0.15, 0.2) is 29.4 Å². The van der Waals surface area contributed by atoms with Crippen LogP contribution in [0.4, 0.5) is 4.79 Å². The average Bonchev–Trinajstić information content (AvgIpc) is 2.59. The van der Waals surface area contributed by atoms with Gasteiger partial charge in [-0.2, -0.15) is 0 Å². The molecule has 4 N–H and O–H groups in total. The van der Waals surface area contributed by atoms with Crippen LogP contribution in [-0.4, -0.2) is 66.8 Å². The minimum Gasteiger partial charge on any atom is -0.444 e. The zero-order valence-corrected chi connectivity index (χ0v) is 17.1. The molecule has 0 aliphatic carbocycles. The van der Waals surface area contributed by atoms with Gasteiger partial charge in [-0.05, 0) is 38.5 Å². The zero-order chi connectivity index (χ0) is 21.3. The van der Waals surface area contributed by atoms with Crippen LogP contribution in [0, 0.1) is 0 Å². The van der Waals surface area contributed by atoms with E-state index in [0.29, 0.717) is 12.0 Å². The van der Waals surface area contributed by atoms with E-state index >= 15 is 0 Å². The van der Waals surface area contributed by atoms with E-state index in [0.717, 1.165) is 5.56 Å². The smallest absolute Gasteiger partial charge is 0.408 e. The van der Waals surface area contributed by atoms with Crippen molar-refractivity contribution in [2.75, 3.05) is 27.3 Å². The minimum absolute atomic E-state index is 0.0127. The monoisotopic (exact) mass is 394 g/mol. The van der Waals surface area contributed by atoms with Gasteiger partial charge in [0.1, 0.15) is 12.2 Å². The number of carbonyl (C=O) groups is 2. The molecule has 2 amide bonds. The molecule has 9 nitrogen and oxygen atoms in total. The van der Waals surface area contributed by atoms with Crippen LogP contribution in [0.25, 0.3) is 0 Å². The first-order valence-electron chi connectivity index (χ1n) is 8.89. The van der Waals surface area contributed by atoms with E-state index in [2.05, 4.69) is 10.5 Å². The first kappa shape index (κ1) is 23.2. The Labute approximate surface area is 165 Å². The summed E-state index contributed by atoms with van der Waals surface area (Å²) in [7, 11) is 3.36. The lowest BCUT2D eigenvalue weighted by atomic mass is 10.0. The maximum atomic E-state index is 12.1. The van der Waals surface area contributed by atoms with Crippen molar-refractivity contribution < 1.29 is 24.3 Å². The van der Waals surface area contributed by atoms with E-state index in [1.54, 1.807) is 59.1 Å². The molecule has 0 aromatic heterocycles. The number of hydrogen-bond donors (Lipinski definition) is 3. The molecule has 0 radical (unpaired) electrons. The molecule has 1 atom stereocenters. The highest BCUT2D eigenvalue weighted by molar-refractivity contribution is 5.94. The summed E-state index contributed by atoms with van der Waals surface area (Å²) in [5, 5.41) is 15.2. The Bertz CT molecular complexity index is 681. The second-order valence-electron chi connectivity index (χ2n) is 7.37. The van der Waals surface area contributed by atoms with Crippen LogP contribution in [0.5, 0.6) is 0 Å². The number of carbonyl (C=O) groups excluding carboxylic acids is 2. The molecule has 0 fully saturated rings. The highest BCUT2D eigenvalue weighted by atomic mass is 16.6. The van der Waals surface area contributed by atoms with E-state index in [1.165, 1.54) is 4.90 Å². The van der Waals surface area contributed by atoms with Gasteiger partial charge in [0.05, 0.1) is 12.6 Å². The van der Waals surface area contributed by atoms with Gasteiger partial charge < -0.3 is 30.6 Å². The first-order valence-corrected chi connectivity index (χ1v) is 8.89. The Kier molecular flexibility index (Phi) is 8.72. The number of ether oxygens (including phenoxy) is 1. The van der Waals surface area contributed by atoms with Crippen molar-refractivity contribution in [1.29, 1.82) is 0 Å². The van der Waals surface area contributed by atoms with Gasteiger partial charge in [0.2, 0.25) is 0 Å². The van der Waals surface area contributed by atoms with E-state index in [9.17, 15) is 9.59 Å². The Morgan fingerprint density at radius 3 is 2.36 bits per heavy atom. The maximum Gasteiger partial charge on any atom is 0.408 e. The van der Waals surface area contributed by atoms with Gasteiger partial charge in [0.15, 0.2) is 5.84 Å². The standard InChI is InChI=1S/C19H30N4O5/c1-19(2,3)28-18(26)21-15(16(20)22-27-11-10-24)12-13-6-8-14(9-7-13)17(25)23(4)5/h6-9,15,24H,10-12H2,1-5H3,(H2,20,22)(H,21,26)/t15-/m0/s1. The van der Waals surface area contributed by atoms with Gasteiger partial charge in [-0.25, -0.2) is 4.79 Å². The number of alkyl carbamates (subject to hydrolysis) is 1. The van der Waals surface area contributed by atoms with Crippen LogP contribution in [0.2, 0.25) is 0 Å². The normalized spacial score (nSPS) is 12.9. The van der Waals surface area contributed by atoms with E-state index in [-0.39, 0.29) is 25.0 Å². The van der Waals surface area contributed by atoms with Crippen molar-refractivity contribution >= 4 is 17.8 Å². The number of benzene rings is 1. The van der Waals surface area contributed by atoms with Crippen LogP contribution in [0.3, 0.4) is 0 Å². The predicted molar refractivity (Wildman–Crippen MR) is 106 cm³/mol. The van der Waals surface area contributed by atoms with Crippen LogP contribution >= 0.6 is 0 Å². The molecule has 0 aliphatic heterocycles. The SMILES string of the molecule is CN(C)C(=O)c1ccc(C[C@H](NC(=O)OC(C)(C)C)/C(N)=N/OCCO)cc1. The van der Waals surface area contributed by atoms with Crippen molar-refractivity contribution in [2.45, 2.75) is 38.8 Å². The molecule has 156 valence electrons. The Morgan fingerprint density at radius 1 is 1.25 bits per heavy atom. The molecule has 0 bridgehead atoms. The van der Waals surface area contributed by atoms with E-state index in [1.807, 2.05) is 0 Å². The molecule has 0 saturated heterocycles. The number of rotatable bonds is 8. The van der Waals surface area contributed by atoms with E-state index < -0.39 is 17.7 Å². The van der Waals surface area contributed by atoms with Gasteiger partial charge in [0, 0.05) is 26.1 Å². The third kappa shape index (κ3) is 8.26. The number of amides is 2. The molecule has 1 rings (SSSR count). The summed E-state index contributed by atoms with van der Waals surface area (Å²) in [6.45, 7) is 5.04. The quantitative estimate of drug-likeness (QED) is 0.262. The molecule has 1 aromatic carbocycles. The summed E-state index contributed by atoms with van der Waals surface area (Å²) < 4.78 is 5.27. The Balaban J connectivity index is 2.93. The van der Waals surface area contributed by atoms with E-state index in [4.69, 9.17) is 20.4 Å². The lowest BCUT2D eigenvalue weighted by Gasteiger charge is -2.23. The number of nitrogens with two attached hydrogens (primary N) is 1. The minimum atomic E-state index is -0.691. The molecule has 0 aliphatic rings. The number of aliphatic hydroxyl groups excluding tert-OH is 1. The van der Waals surface area contributed by atoms with Gasteiger partial charge in [0.25, 0.3) is 5.91 Å². The highest BCUT2D eigenvalue weighted by Crippen LogP contribution is 2.11. The summed E-state index contributed by atoms with van der Waals surface area (Å²) in [5.41, 5.74) is 6.67. The molecule has 9 heteroatoms. The molecule has 0 unspecified atom stereocenters. The molecule has 0 saturated carbocycles. The fourth-order valence-electron chi connectivity index (χ4n) is 2.18. The zero-order valence-electron chi connectivity index (χ0n) is 17.1. The van der Waals surface area contributed by atoms with Crippen molar-refractivity contribution in [3.8, 4) is 0 Å². The van der Waals surface area contributed by atoms with Gasteiger partial charge in [-0.1, -0.05) is 17.3 Å². The molecular formula is C19H30N4O5. The fourth-order valence-corrected chi connectivity index (χ4v) is 2.18. The number of oxime groups is 1. The van der Waals surface area contributed by atoms with Crippen LogP contribution in [-0.2, 0) is 16.0 Å². The van der Waals surface area contributed by atoms with Gasteiger partial charge in [-0.3, -0.25) is 4.79 Å².